The Hall–Kier alpha value is -1.39. The van der Waals surface area contributed by atoms with Crippen LogP contribution in [0.25, 0.3) is 0 Å². The smallest absolute Gasteiger partial charge is 0.246 e. The highest BCUT2D eigenvalue weighted by Gasteiger charge is 2.41. The molecule has 1 fully saturated rings. The van der Waals surface area contributed by atoms with Crippen molar-refractivity contribution in [3.05, 3.63) is 35.4 Å². The molecule has 0 saturated carbocycles. The standard InChI is InChI=1S/C14H15ClN2O2/c15-5-6-17-13(18)9-16-8-11-4-2-1-3-10(11)7-12(16)14(17)19/h1-4,12H,5-9H2. The monoisotopic (exact) mass is 278 g/mol. The first kappa shape index (κ1) is 12.6. The van der Waals surface area contributed by atoms with Gasteiger partial charge < -0.3 is 0 Å². The molecule has 3 rings (SSSR count). The van der Waals surface area contributed by atoms with Gasteiger partial charge in [-0.3, -0.25) is 19.4 Å². The Morgan fingerprint density at radius 3 is 2.63 bits per heavy atom. The molecule has 0 radical (unpaired) electrons. The van der Waals surface area contributed by atoms with E-state index in [9.17, 15) is 9.59 Å². The number of carbonyl (C=O) groups excluding carboxylic acids is 2. The first-order valence-electron chi connectivity index (χ1n) is 6.41. The van der Waals surface area contributed by atoms with Crippen molar-refractivity contribution < 1.29 is 9.59 Å². The van der Waals surface area contributed by atoms with E-state index in [2.05, 4.69) is 12.1 Å². The molecule has 2 aliphatic heterocycles. The van der Waals surface area contributed by atoms with Gasteiger partial charge in [-0.25, -0.2) is 0 Å². The maximum Gasteiger partial charge on any atom is 0.246 e. The molecule has 19 heavy (non-hydrogen) atoms. The molecule has 0 aliphatic carbocycles. The first-order valence-corrected chi connectivity index (χ1v) is 6.95. The fourth-order valence-corrected chi connectivity index (χ4v) is 3.04. The molecule has 1 aromatic rings. The Labute approximate surface area is 116 Å². The molecule has 100 valence electrons. The molecule has 0 N–H and O–H groups in total. The molecule has 2 aliphatic rings. The van der Waals surface area contributed by atoms with Crippen LogP contribution in [0.3, 0.4) is 0 Å². The molecule has 1 aromatic carbocycles. The lowest BCUT2D eigenvalue weighted by Crippen LogP contribution is -2.61. The Balaban J connectivity index is 1.89. The molecule has 0 aromatic heterocycles. The van der Waals surface area contributed by atoms with Gasteiger partial charge in [-0.15, -0.1) is 11.6 Å². The molecular formula is C14H15ClN2O2. The third-order valence-corrected chi connectivity index (χ3v) is 4.01. The second-order valence-electron chi connectivity index (χ2n) is 4.97. The second kappa shape index (κ2) is 4.94. The van der Waals surface area contributed by atoms with Gasteiger partial charge >= 0.3 is 0 Å². The average molecular weight is 279 g/mol. The lowest BCUT2D eigenvalue weighted by molar-refractivity contribution is -0.156. The zero-order valence-corrected chi connectivity index (χ0v) is 11.3. The second-order valence-corrected chi connectivity index (χ2v) is 5.34. The van der Waals surface area contributed by atoms with E-state index in [0.29, 0.717) is 31.9 Å². The third-order valence-electron chi connectivity index (χ3n) is 3.84. The van der Waals surface area contributed by atoms with Gasteiger partial charge in [-0.2, -0.15) is 0 Å². The van der Waals surface area contributed by atoms with Gasteiger partial charge in [0.25, 0.3) is 0 Å². The highest BCUT2D eigenvalue weighted by Crippen LogP contribution is 2.26. The van der Waals surface area contributed by atoms with Crippen LogP contribution in [-0.4, -0.2) is 46.6 Å². The molecule has 1 atom stereocenters. The topological polar surface area (TPSA) is 40.6 Å². The lowest BCUT2D eigenvalue weighted by atomic mass is 9.92. The van der Waals surface area contributed by atoms with Crippen molar-refractivity contribution in [3.63, 3.8) is 0 Å². The summed E-state index contributed by atoms with van der Waals surface area (Å²) in [5.41, 5.74) is 2.42. The maximum absolute atomic E-state index is 12.4. The maximum atomic E-state index is 12.4. The molecule has 0 spiro atoms. The fraction of sp³-hybridized carbons (Fsp3) is 0.429. The van der Waals surface area contributed by atoms with Crippen molar-refractivity contribution in [3.8, 4) is 0 Å². The highest BCUT2D eigenvalue weighted by atomic mass is 35.5. The van der Waals surface area contributed by atoms with Crippen LogP contribution in [0.4, 0.5) is 0 Å². The largest absolute Gasteiger partial charge is 0.279 e. The van der Waals surface area contributed by atoms with Gasteiger partial charge in [0.1, 0.15) is 0 Å². The van der Waals surface area contributed by atoms with Crippen molar-refractivity contribution >= 4 is 23.4 Å². The van der Waals surface area contributed by atoms with Crippen LogP contribution in [0.2, 0.25) is 0 Å². The van der Waals surface area contributed by atoms with Crippen LogP contribution >= 0.6 is 11.6 Å². The number of hydrogen-bond donors (Lipinski definition) is 0. The molecule has 1 saturated heterocycles. The van der Waals surface area contributed by atoms with E-state index in [-0.39, 0.29) is 17.9 Å². The van der Waals surface area contributed by atoms with Crippen molar-refractivity contribution in [2.45, 2.75) is 19.0 Å². The number of benzene rings is 1. The number of rotatable bonds is 2. The Morgan fingerprint density at radius 1 is 1.16 bits per heavy atom. The summed E-state index contributed by atoms with van der Waals surface area (Å²) in [6.07, 6.45) is 0.682. The SMILES string of the molecule is O=C1CN2Cc3ccccc3CC2C(=O)N1CCCl. The average Bonchev–Trinajstić information content (AvgIpc) is 2.42. The predicted molar refractivity (Wildman–Crippen MR) is 71.8 cm³/mol. The van der Waals surface area contributed by atoms with E-state index < -0.39 is 0 Å². The number of imide groups is 1. The Kier molecular flexibility index (Phi) is 3.29. The predicted octanol–water partition coefficient (Wildman–Crippen LogP) is 1.02. The van der Waals surface area contributed by atoms with Crippen molar-refractivity contribution in [2.75, 3.05) is 19.0 Å². The van der Waals surface area contributed by atoms with Gasteiger partial charge in [-0.1, -0.05) is 24.3 Å². The van der Waals surface area contributed by atoms with Crippen molar-refractivity contribution in [1.29, 1.82) is 0 Å². The molecule has 4 nitrogen and oxygen atoms in total. The number of amides is 2. The highest BCUT2D eigenvalue weighted by molar-refractivity contribution is 6.18. The number of nitrogens with zero attached hydrogens (tertiary/aromatic N) is 2. The fourth-order valence-electron chi connectivity index (χ4n) is 2.87. The molecule has 0 bridgehead atoms. The first-order chi connectivity index (χ1) is 9.20. The number of alkyl halides is 1. The zero-order valence-electron chi connectivity index (χ0n) is 10.5. The summed E-state index contributed by atoms with van der Waals surface area (Å²) in [5.74, 6) is 0.0496. The summed E-state index contributed by atoms with van der Waals surface area (Å²) in [7, 11) is 0. The minimum absolute atomic E-state index is 0.105. The summed E-state index contributed by atoms with van der Waals surface area (Å²) in [6.45, 7) is 1.29. The third kappa shape index (κ3) is 2.15. The van der Waals surface area contributed by atoms with E-state index >= 15 is 0 Å². The number of hydrogen-bond acceptors (Lipinski definition) is 3. The van der Waals surface area contributed by atoms with E-state index in [4.69, 9.17) is 11.6 Å². The van der Waals surface area contributed by atoms with E-state index in [1.165, 1.54) is 16.0 Å². The molecule has 2 heterocycles. The Bertz CT molecular complexity index is 532. The van der Waals surface area contributed by atoms with Crippen LogP contribution in [0, 0.1) is 0 Å². The van der Waals surface area contributed by atoms with Crippen LogP contribution < -0.4 is 0 Å². The molecule has 5 heteroatoms. The van der Waals surface area contributed by atoms with Crippen LogP contribution in [-0.2, 0) is 22.6 Å². The van der Waals surface area contributed by atoms with Crippen LogP contribution in [0.5, 0.6) is 0 Å². The number of fused-ring (bicyclic) bond motifs is 2. The van der Waals surface area contributed by atoms with Crippen molar-refractivity contribution in [1.82, 2.24) is 9.80 Å². The zero-order chi connectivity index (χ0) is 13.4. The van der Waals surface area contributed by atoms with E-state index in [1.807, 2.05) is 17.0 Å². The number of piperazine rings is 1. The van der Waals surface area contributed by atoms with Gasteiger partial charge in [0.2, 0.25) is 11.8 Å². The van der Waals surface area contributed by atoms with E-state index in [0.717, 1.165) is 0 Å². The summed E-state index contributed by atoms with van der Waals surface area (Å²) < 4.78 is 0. The van der Waals surface area contributed by atoms with Crippen LogP contribution in [0.1, 0.15) is 11.1 Å². The number of halogens is 1. The summed E-state index contributed by atoms with van der Waals surface area (Å²) in [5, 5.41) is 0. The van der Waals surface area contributed by atoms with Gasteiger partial charge in [0, 0.05) is 19.0 Å². The van der Waals surface area contributed by atoms with Crippen molar-refractivity contribution in [2.24, 2.45) is 0 Å². The van der Waals surface area contributed by atoms with Gasteiger partial charge in [-0.05, 0) is 17.5 Å². The van der Waals surface area contributed by atoms with Gasteiger partial charge in [0.15, 0.2) is 0 Å². The van der Waals surface area contributed by atoms with Gasteiger partial charge in [0.05, 0.1) is 12.6 Å². The minimum Gasteiger partial charge on any atom is -0.279 e. The minimum atomic E-state index is -0.212. The molecule has 2 amide bonds. The summed E-state index contributed by atoms with van der Waals surface area (Å²) >= 11 is 5.66. The van der Waals surface area contributed by atoms with Crippen LogP contribution in [0.15, 0.2) is 24.3 Å². The molecular weight excluding hydrogens is 264 g/mol. The lowest BCUT2D eigenvalue weighted by Gasteiger charge is -2.42. The summed E-state index contributed by atoms with van der Waals surface area (Å²) in [6, 6.07) is 7.89. The normalized spacial score (nSPS) is 23.2. The quantitative estimate of drug-likeness (QED) is 0.599. The summed E-state index contributed by atoms with van der Waals surface area (Å²) in [4.78, 5) is 27.6. The molecule has 1 unspecified atom stereocenters. The number of carbonyl (C=O) groups is 2. The van der Waals surface area contributed by atoms with E-state index in [1.54, 1.807) is 0 Å². The Morgan fingerprint density at radius 2 is 1.89 bits per heavy atom.